The standard InChI is InChI=1S/C34H32ClF2N7O5/c1-21(2)49-31-8-3-22(30(45)18-43-38-9-10-39-43)15-29(31)44-32(40-28-17-27(37)26(36)16-25(28)34(44)47)19-41-11-13-42(14-12-41)33(46)20-48-24-6-4-23(35)5-7-24/h3-10,15-17,21H,11-14,18-20H2,1-2H3. The molecule has 1 fully saturated rings. The summed E-state index contributed by atoms with van der Waals surface area (Å²) in [5.41, 5.74) is -0.231. The average Bonchev–Trinajstić information content (AvgIpc) is 3.59. The Morgan fingerprint density at radius 3 is 2.33 bits per heavy atom. The van der Waals surface area contributed by atoms with Gasteiger partial charge in [0.15, 0.2) is 24.0 Å². The van der Waals surface area contributed by atoms with E-state index < -0.39 is 17.2 Å². The van der Waals surface area contributed by atoms with Crippen molar-refractivity contribution < 1.29 is 27.8 Å². The molecule has 254 valence electrons. The zero-order valence-corrected chi connectivity index (χ0v) is 27.4. The SMILES string of the molecule is CC(C)Oc1ccc(C(=O)Cn2nccn2)cc1-n1c(CN2CCN(C(=O)COc3ccc(Cl)cc3)CC2)nc2cc(F)c(F)cc2c1=O. The number of fused-ring (bicyclic) bond motifs is 1. The topological polar surface area (TPSA) is 125 Å². The van der Waals surface area contributed by atoms with Gasteiger partial charge in [-0.1, -0.05) is 11.6 Å². The van der Waals surface area contributed by atoms with Crippen molar-refractivity contribution in [2.75, 3.05) is 32.8 Å². The zero-order valence-electron chi connectivity index (χ0n) is 26.7. The molecule has 15 heteroatoms. The van der Waals surface area contributed by atoms with Crippen molar-refractivity contribution in [3.05, 3.63) is 105 Å². The minimum Gasteiger partial charge on any atom is -0.489 e. The second-order valence-corrected chi connectivity index (χ2v) is 12.1. The van der Waals surface area contributed by atoms with Crippen LogP contribution in [0.1, 0.15) is 30.0 Å². The Morgan fingerprint density at radius 2 is 1.63 bits per heavy atom. The van der Waals surface area contributed by atoms with Gasteiger partial charge in [0.2, 0.25) is 0 Å². The Bertz CT molecular complexity index is 2050. The molecule has 1 aliphatic rings. The van der Waals surface area contributed by atoms with Gasteiger partial charge in [0.1, 0.15) is 23.9 Å². The van der Waals surface area contributed by atoms with E-state index in [-0.39, 0.29) is 71.2 Å². The van der Waals surface area contributed by atoms with E-state index in [2.05, 4.69) is 15.2 Å². The van der Waals surface area contributed by atoms with Gasteiger partial charge in [-0.15, -0.1) is 0 Å². The summed E-state index contributed by atoms with van der Waals surface area (Å²) < 4.78 is 41.7. The third-order valence-electron chi connectivity index (χ3n) is 7.88. The van der Waals surface area contributed by atoms with Crippen molar-refractivity contribution in [1.29, 1.82) is 0 Å². The van der Waals surface area contributed by atoms with Gasteiger partial charge in [0.25, 0.3) is 11.5 Å². The van der Waals surface area contributed by atoms with Crippen molar-refractivity contribution >= 4 is 34.2 Å². The van der Waals surface area contributed by atoms with Crippen molar-refractivity contribution in [3.8, 4) is 17.2 Å². The van der Waals surface area contributed by atoms with Crippen LogP contribution in [0.5, 0.6) is 11.5 Å². The van der Waals surface area contributed by atoms with Crippen LogP contribution < -0.4 is 15.0 Å². The van der Waals surface area contributed by atoms with Gasteiger partial charge < -0.3 is 14.4 Å². The molecule has 3 heterocycles. The van der Waals surface area contributed by atoms with E-state index in [1.165, 1.54) is 27.8 Å². The molecule has 49 heavy (non-hydrogen) atoms. The molecule has 0 bridgehead atoms. The number of ether oxygens (including phenoxy) is 2. The van der Waals surface area contributed by atoms with E-state index in [1.807, 2.05) is 18.7 Å². The van der Waals surface area contributed by atoms with Crippen LogP contribution in [-0.2, 0) is 17.9 Å². The van der Waals surface area contributed by atoms with Crippen LogP contribution in [0.15, 0.2) is 71.8 Å². The fourth-order valence-corrected chi connectivity index (χ4v) is 5.59. The molecule has 0 atom stereocenters. The van der Waals surface area contributed by atoms with Crippen LogP contribution in [0, 0.1) is 11.6 Å². The van der Waals surface area contributed by atoms with Crippen molar-refractivity contribution in [2.45, 2.75) is 33.0 Å². The number of hydrogen-bond acceptors (Lipinski definition) is 9. The van der Waals surface area contributed by atoms with E-state index in [0.717, 1.165) is 12.1 Å². The van der Waals surface area contributed by atoms with E-state index in [1.54, 1.807) is 41.3 Å². The summed E-state index contributed by atoms with van der Waals surface area (Å²) in [7, 11) is 0. The minimum absolute atomic E-state index is 0.0216. The molecular weight excluding hydrogens is 660 g/mol. The fraction of sp³-hybridized carbons (Fsp3) is 0.294. The molecule has 5 aromatic rings. The molecule has 0 spiro atoms. The van der Waals surface area contributed by atoms with E-state index in [0.29, 0.717) is 37.0 Å². The first-order chi connectivity index (χ1) is 23.5. The highest BCUT2D eigenvalue weighted by atomic mass is 35.5. The van der Waals surface area contributed by atoms with Gasteiger partial charge in [-0.2, -0.15) is 15.0 Å². The second kappa shape index (κ2) is 14.5. The normalized spacial score (nSPS) is 13.6. The molecule has 0 radical (unpaired) electrons. The number of halogens is 3. The predicted octanol–water partition coefficient (Wildman–Crippen LogP) is 4.30. The lowest BCUT2D eigenvalue weighted by Gasteiger charge is -2.34. The highest BCUT2D eigenvalue weighted by Gasteiger charge is 2.26. The summed E-state index contributed by atoms with van der Waals surface area (Å²) in [6.07, 6.45) is 2.61. The van der Waals surface area contributed by atoms with E-state index in [4.69, 9.17) is 21.1 Å². The summed E-state index contributed by atoms with van der Waals surface area (Å²) in [6, 6.07) is 13.1. The Morgan fingerprint density at radius 1 is 0.939 bits per heavy atom. The number of Topliss-reactive ketones (excluding diaryl/α,β-unsaturated/α-hetero) is 1. The molecule has 6 rings (SSSR count). The van der Waals surface area contributed by atoms with Crippen LogP contribution in [0.4, 0.5) is 8.78 Å². The third-order valence-corrected chi connectivity index (χ3v) is 8.13. The summed E-state index contributed by atoms with van der Waals surface area (Å²) in [5, 5.41) is 8.40. The van der Waals surface area contributed by atoms with Gasteiger partial charge in [-0.3, -0.25) is 23.9 Å². The summed E-state index contributed by atoms with van der Waals surface area (Å²) >= 11 is 5.92. The number of benzene rings is 3. The Labute approximate surface area is 284 Å². The number of amides is 1. The largest absolute Gasteiger partial charge is 0.489 e. The van der Waals surface area contributed by atoms with Gasteiger partial charge in [-0.05, 0) is 62.4 Å². The lowest BCUT2D eigenvalue weighted by Crippen LogP contribution is -2.50. The lowest BCUT2D eigenvalue weighted by atomic mass is 10.1. The fourth-order valence-electron chi connectivity index (χ4n) is 5.47. The average molecular weight is 692 g/mol. The number of piperazine rings is 1. The molecule has 0 N–H and O–H groups in total. The summed E-state index contributed by atoms with van der Waals surface area (Å²) in [4.78, 5) is 49.8. The Kier molecular flexibility index (Phi) is 9.97. The second-order valence-electron chi connectivity index (χ2n) is 11.7. The predicted molar refractivity (Wildman–Crippen MR) is 176 cm³/mol. The highest BCUT2D eigenvalue weighted by molar-refractivity contribution is 6.30. The number of carbonyl (C=O) groups is 2. The maximum Gasteiger partial charge on any atom is 0.266 e. The van der Waals surface area contributed by atoms with Gasteiger partial charge in [0.05, 0.1) is 41.6 Å². The van der Waals surface area contributed by atoms with Crippen molar-refractivity contribution in [2.24, 2.45) is 0 Å². The third kappa shape index (κ3) is 7.76. The van der Waals surface area contributed by atoms with Crippen LogP contribution in [-0.4, -0.2) is 84.9 Å². The first kappa shape index (κ1) is 33.7. The molecule has 0 saturated carbocycles. The summed E-state index contributed by atoms with van der Waals surface area (Å²) in [6.45, 7) is 5.09. The van der Waals surface area contributed by atoms with Crippen molar-refractivity contribution in [3.63, 3.8) is 0 Å². The lowest BCUT2D eigenvalue weighted by molar-refractivity contribution is -0.135. The number of carbonyl (C=O) groups excluding carboxylic acids is 2. The first-order valence-electron chi connectivity index (χ1n) is 15.5. The molecule has 0 unspecified atom stereocenters. The van der Waals surface area contributed by atoms with Gasteiger partial charge in [-0.25, -0.2) is 13.8 Å². The Hall–Kier alpha value is -5.21. The zero-order chi connectivity index (χ0) is 34.7. The maximum atomic E-state index is 14.4. The van der Waals surface area contributed by atoms with Gasteiger partial charge >= 0.3 is 0 Å². The number of hydrogen-bond donors (Lipinski definition) is 0. The van der Waals surface area contributed by atoms with Gasteiger partial charge in [0, 0.05) is 42.8 Å². The molecule has 3 aromatic carbocycles. The van der Waals surface area contributed by atoms with E-state index in [9.17, 15) is 23.2 Å². The molecule has 1 saturated heterocycles. The summed E-state index contributed by atoms with van der Waals surface area (Å²) in [5.74, 6) is -1.83. The monoisotopic (exact) mass is 691 g/mol. The molecule has 1 amide bonds. The van der Waals surface area contributed by atoms with E-state index >= 15 is 0 Å². The number of nitrogens with zero attached hydrogens (tertiary/aromatic N) is 7. The molecular formula is C34H32ClF2N7O5. The smallest absolute Gasteiger partial charge is 0.266 e. The number of aromatic nitrogens is 5. The van der Waals surface area contributed by atoms with Crippen molar-refractivity contribution in [1.82, 2.24) is 34.3 Å². The molecule has 12 nitrogen and oxygen atoms in total. The maximum absolute atomic E-state index is 14.4. The Balaban J connectivity index is 1.31. The van der Waals surface area contributed by atoms with Crippen LogP contribution >= 0.6 is 11.6 Å². The first-order valence-corrected chi connectivity index (χ1v) is 15.9. The van der Waals surface area contributed by atoms with Crippen LogP contribution in [0.25, 0.3) is 16.6 Å². The number of rotatable bonds is 11. The minimum atomic E-state index is -1.19. The van der Waals surface area contributed by atoms with Crippen LogP contribution in [0.3, 0.4) is 0 Å². The molecule has 2 aromatic heterocycles. The highest BCUT2D eigenvalue weighted by Crippen LogP contribution is 2.28. The quantitative estimate of drug-likeness (QED) is 0.187. The number of ketones is 1. The molecule has 0 aliphatic carbocycles. The molecule has 1 aliphatic heterocycles. The van der Waals surface area contributed by atoms with Crippen LogP contribution in [0.2, 0.25) is 5.02 Å².